The molecule has 1 heteroatoms. The lowest BCUT2D eigenvalue weighted by atomic mass is 10.0. The van der Waals surface area contributed by atoms with Gasteiger partial charge < -0.3 is 5.73 Å². The monoisotopic (exact) mass is 191 g/mol. The molecule has 1 aromatic carbocycles. The Morgan fingerprint density at radius 1 is 0.929 bits per heavy atom. The van der Waals surface area contributed by atoms with Gasteiger partial charge in [-0.1, -0.05) is 26.3 Å². The molecule has 2 rings (SSSR count). The van der Waals surface area contributed by atoms with Gasteiger partial charge >= 0.3 is 0 Å². The first-order valence-corrected chi connectivity index (χ1v) is 5.73. The van der Waals surface area contributed by atoms with Gasteiger partial charge in [-0.2, -0.15) is 0 Å². The van der Waals surface area contributed by atoms with Crippen molar-refractivity contribution in [1.82, 2.24) is 0 Å². The Balaban J connectivity index is 0.000000461. The molecule has 0 saturated heterocycles. The maximum absolute atomic E-state index is 5.73. The van der Waals surface area contributed by atoms with Crippen LogP contribution in [0, 0.1) is 0 Å². The maximum atomic E-state index is 5.73. The van der Waals surface area contributed by atoms with Crippen LogP contribution in [0.1, 0.15) is 44.2 Å². The average molecular weight is 191 g/mol. The SMILES string of the molecule is CC.Nc1ccc2c(c1)CCCCC2. The summed E-state index contributed by atoms with van der Waals surface area (Å²) in [5.74, 6) is 0. The van der Waals surface area contributed by atoms with E-state index in [0.717, 1.165) is 5.69 Å². The van der Waals surface area contributed by atoms with Gasteiger partial charge in [0.15, 0.2) is 0 Å². The van der Waals surface area contributed by atoms with E-state index in [2.05, 4.69) is 12.1 Å². The van der Waals surface area contributed by atoms with Gasteiger partial charge in [-0.15, -0.1) is 0 Å². The molecule has 0 heterocycles. The second kappa shape index (κ2) is 5.69. The highest BCUT2D eigenvalue weighted by Gasteiger charge is 2.06. The number of nitrogens with two attached hydrogens (primary N) is 1. The number of rotatable bonds is 0. The Morgan fingerprint density at radius 2 is 1.57 bits per heavy atom. The molecule has 1 aliphatic rings. The van der Waals surface area contributed by atoms with Crippen LogP contribution in [0.3, 0.4) is 0 Å². The molecule has 78 valence electrons. The van der Waals surface area contributed by atoms with Crippen LogP contribution < -0.4 is 5.73 Å². The van der Waals surface area contributed by atoms with Gasteiger partial charge in [0.05, 0.1) is 0 Å². The summed E-state index contributed by atoms with van der Waals surface area (Å²) in [5.41, 5.74) is 9.64. The summed E-state index contributed by atoms with van der Waals surface area (Å²) in [6, 6.07) is 6.35. The van der Waals surface area contributed by atoms with Crippen LogP contribution in [0.25, 0.3) is 0 Å². The third kappa shape index (κ3) is 2.76. The van der Waals surface area contributed by atoms with Crippen LogP contribution in [0.2, 0.25) is 0 Å². The fourth-order valence-electron chi connectivity index (χ4n) is 1.93. The van der Waals surface area contributed by atoms with Crippen LogP contribution in [0.5, 0.6) is 0 Å². The number of fused-ring (bicyclic) bond motifs is 1. The summed E-state index contributed by atoms with van der Waals surface area (Å²) >= 11 is 0. The van der Waals surface area contributed by atoms with Crippen molar-refractivity contribution in [3.8, 4) is 0 Å². The van der Waals surface area contributed by atoms with Crippen LogP contribution in [-0.4, -0.2) is 0 Å². The molecule has 0 saturated carbocycles. The molecule has 0 bridgehead atoms. The fourth-order valence-corrected chi connectivity index (χ4v) is 1.93. The topological polar surface area (TPSA) is 26.0 Å². The highest BCUT2D eigenvalue weighted by molar-refractivity contribution is 5.45. The fraction of sp³-hybridized carbons (Fsp3) is 0.538. The summed E-state index contributed by atoms with van der Waals surface area (Å²) in [4.78, 5) is 0. The first kappa shape index (κ1) is 11.1. The Hall–Kier alpha value is -0.980. The molecule has 1 nitrogen and oxygen atoms in total. The third-order valence-electron chi connectivity index (χ3n) is 2.62. The van der Waals surface area contributed by atoms with Gasteiger partial charge in [-0.3, -0.25) is 0 Å². The van der Waals surface area contributed by atoms with Crippen molar-refractivity contribution >= 4 is 5.69 Å². The zero-order valence-corrected chi connectivity index (χ0v) is 9.34. The molecule has 0 spiro atoms. The molecule has 0 unspecified atom stereocenters. The number of hydrogen-bond acceptors (Lipinski definition) is 1. The van der Waals surface area contributed by atoms with E-state index in [-0.39, 0.29) is 0 Å². The van der Waals surface area contributed by atoms with Crippen molar-refractivity contribution in [3.05, 3.63) is 29.3 Å². The van der Waals surface area contributed by atoms with Crippen molar-refractivity contribution in [2.75, 3.05) is 5.73 Å². The Kier molecular flexibility index (Phi) is 4.51. The predicted molar refractivity (Wildman–Crippen MR) is 63.5 cm³/mol. The zero-order valence-electron chi connectivity index (χ0n) is 9.34. The van der Waals surface area contributed by atoms with Crippen LogP contribution in [0.4, 0.5) is 5.69 Å². The quantitative estimate of drug-likeness (QED) is 0.492. The average Bonchev–Trinajstić information content (AvgIpc) is 2.45. The van der Waals surface area contributed by atoms with Crippen LogP contribution in [-0.2, 0) is 12.8 Å². The van der Waals surface area contributed by atoms with Gasteiger partial charge in [-0.05, 0) is 48.9 Å². The van der Waals surface area contributed by atoms with Crippen LogP contribution >= 0.6 is 0 Å². The van der Waals surface area contributed by atoms with E-state index in [1.807, 2.05) is 19.9 Å². The summed E-state index contributed by atoms with van der Waals surface area (Å²) in [6.45, 7) is 4.00. The van der Waals surface area contributed by atoms with E-state index in [4.69, 9.17) is 5.73 Å². The van der Waals surface area contributed by atoms with Crippen LogP contribution in [0.15, 0.2) is 18.2 Å². The summed E-state index contributed by atoms with van der Waals surface area (Å²) in [7, 11) is 0. The van der Waals surface area contributed by atoms with E-state index in [1.54, 1.807) is 0 Å². The highest BCUT2D eigenvalue weighted by atomic mass is 14.5. The van der Waals surface area contributed by atoms with E-state index < -0.39 is 0 Å². The summed E-state index contributed by atoms with van der Waals surface area (Å²) < 4.78 is 0. The number of benzene rings is 1. The minimum Gasteiger partial charge on any atom is -0.399 e. The molecular weight excluding hydrogens is 170 g/mol. The first-order chi connectivity index (χ1) is 6.86. The number of nitrogen functional groups attached to an aromatic ring is 1. The van der Waals surface area contributed by atoms with E-state index in [1.165, 1.54) is 43.2 Å². The lowest BCUT2D eigenvalue weighted by Gasteiger charge is -2.05. The minimum atomic E-state index is 0.913. The van der Waals surface area contributed by atoms with Crippen molar-refractivity contribution in [2.45, 2.75) is 46.0 Å². The van der Waals surface area contributed by atoms with Gasteiger partial charge in [-0.25, -0.2) is 0 Å². The standard InChI is InChI=1S/C11H15N.C2H6/c12-11-7-6-9-4-2-1-3-5-10(9)8-11;1-2/h6-8H,1-5,12H2;1-2H3. The normalized spacial score (nSPS) is 14.7. The van der Waals surface area contributed by atoms with Gasteiger partial charge in [0.2, 0.25) is 0 Å². The molecule has 1 aliphatic carbocycles. The van der Waals surface area contributed by atoms with Gasteiger partial charge in [0, 0.05) is 5.69 Å². The van der Waals surface area contributed by atoms with Crippen molar-refractivity contribution in [1.29, 1.82) is 0 Å². The highest BCUT2D eigenvalue weighted by Crippen LogP contribution is 2.22. The number of anilines is 1. The predicted octanol–water partition coefficient (Wildman–Crippen LogP) is 3.56. The molecule has 0 aromatic heterocycles. The Labute approximate surface area is 87.3 Å². The molecule has 2 N–H and O–H groups in total. The maximum Gasteiger partial charge on any atom is 0.0316 e. The summed E-state index contributed by atoms with van der Waals surface area (Å²) in [5, 5.41) is 0. The number of hydrogen-bond donors (Lipinski definition) is 1. The molecule has 14 heavy (non-hydrogen) atoms. The molecule has 0 fully saturated rings. The molecular formula is C13H21N. The molecule has 0 radical (unpaired) electrons. The van der Waals surface area contributed by atoms with Crippen molar-refractivity contribution in [3.63, 3.8) is 0 Å². The van der Waals surface area contributed by atoms with E-state index >= 15 is 0 Å². The Morgan fingerprint density at radius 3 is 2.29 bits per heavy atom. The number of aryl methyl sites for hydroxylation is 2. The molecule has 1 aromatic rings. The lowest BCUT2D eigenvalue weighted by molar-refractivity contribution is 0.711. The van der Waals surface area contributed by atoms with Crippen molar-refractivity contribution in [2.24, 2.45) is 0 Å². The second-order valence-corrected chi connectivity index (χ2v) is 3.59. The molecule has 0 atom stereocenters. The lowest BCUT2D eigenvalue weighted by Crippen LogP contribution is -1.93. The van der Waals surface area contributed by atoms with E-state index in [9.17, 15) is 0 Å². The summed E-state index contributed by atoms with van der Waals surface area (Å²) in [6.07, 6.45) is 6.51. The molecule has 0 aliphatic heterocycles. The second-order valence-electron chi connectivity index (χ2n) is 3.59. The third-order valence-corrected chi connectivity index (χ3v) is 2.62. The zero-order chi connectivity index (χ0) is 10.4. The van der Waals surface area contributed by atoms with E-state index in [0.29, 0.717) is 0 Å². The first-order valence-electron chi connectivity index (χ1n) is 5.73. The van der Waals surface area contributed by atoms with Gasteiger partial charge in [0.25, 0.3) is 0 Å². The van der Waals surface area contributed by atoms with Crippen molar-refractivity contribution < 1.29 is 0 Å². The minimum absolute atomic E-state index is 0.913. The largest absolute Gasteiger partial charge is 0.399 e. The molecule has 0 amide bonds. The van der Waals surface area contributed by atoms with Gasteiger partial charge in [0.1, 0.15) is 0 Å². The smallest absolute Gasteiger partial charge is 0.0316 e. The Bertz CT molecular complexity index is 279.